The van der Waals surface area contributed by atoms with Gasteiger partial charge in [-0.2, -0.15) is 0 Å². The molecular weight excluding hydrogens is 268 g/mol. The van der Waals surface area contributed by atoms with Gasteiger partial charge in [-0.25, -0.2) is 8.42 Å². The molecule has 0 aliphatic rings. The summed E-state index contributed by atoms with van der Waals surface area (Å²) in [6.07, 6.45) is 7.32. The van der Waals surface area contributed by atoms with Gasteiger partial charge in [0.15, 0.2) is 9.84 Å². The molecule has 0 rings (SSSR count). The fourth-order valence-electron chi connectivity index (χ4n) is 1.83. The van der Waals surface area contributed by atoms with Crippen LogP contribution in [0.3, 0.4) is 0 Å². The second-order valence-corrected chi connectivity index (χ2v) is 11.6. The zero-order valence-electron chi connectivity index (χ0n) is 14.7. The van der Waals surface area contributed by atoms with Gasteiger partial charge in [0.2, 0.25) is 0 Å². The summed E-state index contributed by atoms with van der Waals surface area (Å²) in [7, 11) is -3.05. The molecule has 0 atom stereocenters. The number of rotatable bonds is 6. The van der Waals surface area contributed by atoms with Gasteiger partial charge < -0.3 is 0 Å². The van der Waals surface area contributed by atoms with Crippen LogP contribution in [-0.4, -0.2) is 18.9 Å². The van der Waals surface area contributed by atoms with Crippen molar-refractivity contribution in [3.05, 3.63) is 12.2 Å². The van der Waals surface area contributed by atoms with Crippen molar-refractivity contribution in [2.24, 2.45) is 10.8 Å². The molecule has 2 nitrogen and oxygen atoms in total. The highest BCUT2D eigenvalue weighted by Crippen LogP contribution is 2.29. The molecule has 0 amide bonds. The smallest absolute Gasteiger partial charge is 0.155 e. The Morgan fingerprint density at radius 3 is 1.75 bits per heavy atom. The molecule has 0 fully saturated rings. The van der Waals surface area contributed by atoms with Gasteiger partial charge in [-0.1, -0.05) is 46.8 Å². The summed E-state index contributed by atoms with van der Waals surface area (Å²) < 4.78 is 23.9. The average molecular weight is 303 g/mol. The minimum absolute atomic E-state index is 0.168. The maximum Gasteiger partial charge on any atom is 0.155 e. The van der Waals surface area contributed by atoms with E-state index in [4.69, 9.17) is 0 Å². The van der Waals surface area contributed by atoms with Crippen LogP contribution in [0.1, 0.15) is 74.7 Å². The average Bonchev–Trinajstić information content (AvgIpc) is 2.10. The first-order valence-electron chi connectivity index (χ1n) is 7.54. The van der Waals surface area contributed by atoms with E-state index in [9.17, 15) is 8.42 Å². The van der Waals surface area contributed by atoms with Crippen LogP contribution >= 0.6 is 0 Å². The molecule has 20 heavy (non-hydrogen) atoms. The van der Waals surface area contributed by atoms with Gasteiger partial charge in [-0.05, 0) is 50.9 Å². The lowest BCUT2D eigenvalue weighted by molar-refractivity contribution is 0.376. The van der Waals surface area contributed by atoms with Gasteiger partial charge in [0, 0.05) is 0 Å². The van der Waals surface area contributed by atoms with Crippen LogP contribution in [0.2, 0.25) is 0 Å². The van der Waals surface area contributed by atoms with Crippen molar-refractivity contribution in [1.82, 2.24) is 0 Å². The Labute approximate surface area is 127 Å². The lowest BCUT2D eigenvalue weighted by Gasteiger charge is -2.29. The summed E-state index contributed by atoms with van der Waals surface area (Å²) in [6, 6.07) is 0. The second kappa shape index (κ2) is 6.64. The van der Waals surface area contributed by atoms with Crippen molar-refractivity contribution in [1.29, 1.82) is 0 Å². The predicted molar refractivity (Wildman–Crippen MR) is 89.8 cm³/mol. The molecule has 0 aromatic heterocycles. The summed E-state index contributed by atoms with van der Waals surface area (Å²) >= 11 is 0. The molecule has 0 aliphatic carbocycles. The summed E-state index contributed by atoms with van der Waals surface area (Å²) in [5, 5.41) is 0. The quantitative estimate of drug-likeness (QED) is 0.647. The molecule has 0 bridgehead atoms. The highest BCUT2D eigenvalue weighted by atomic mass is 32.2. The van der Waals surface area contributed by atoms with Gasteiger partial charge in [0.25, 0.3) is 0 Å². The Morgan fingerprint density at radius 1 is 0.850 bits per heavy atom. The third kappa shape index (κ3) is 8.08. The highest BCUT2D eigenvalue weighted by Gasteiger charge is 2.34. The minimum atomic E-state index is -3.05. The normalized spacial score (nSPS) is 15.0. The molecule has 0 aromatic carbocycles. The van der Waals surface area contributed by atoms with E-state index in [2.05, 4.69) is 32.9 Å². The zero-order valence-corrected chi connectivity index (χ0v) is 15.5. The van der Waals surface area contributed by atoms with E-state index in [1.165, 1.54) is 0 Å². The molecule has 0 aromatic rings. The molecule has 0 heterocycles. The summed E-state index contributed by atoms with van der Waals surface area (Å²) in [5.41, 5.74) is 0.153. The molecule has 0 radical (unpaired) electrons. The number of allylic oxidation sites excluding steroid dienone is 2. The number of hydrogen-bond acceptors (Lipinski definition) is 2. The fourth-order valence-corrected chi connectivity index (χ4v) is 3.44. The van der Waals surface area contributed by atoms with Gasteiger partial charge in [-0.15, -0.1) is 0 Å². The molecule has 0 saturated heterocycles. The standard InChI is InChI=1S/C17H34O2S/c1-15(2,3)12-10-9-11-13-17(7,8)14-20(18,19)16(4,5)6/h9-10H,11-14H2,1-8H3/b10-9+. The van der Waals surface area contributed by atoms with Crippen LogP contribution in [0.4, 0.5) is 0 Å². The van der Waals surface area contributed by atoms with Crippen molar-refractivity contribution in [3.8, 4) is 0 Å². The molecule has 0 spiro atoms. The third-order valence-corrected chi connectivity index (χ3v) is 6.43. The van der Waals surface area contributed by atoms with E-state index in [0.717, 1.165) is 19.3 Å². The van der Waals surface area contributed by atoms with Gasteiger partial charge in [0.1, 0.15) is 0 Å². The molecular formula is C17H34O2S. The van der Waals surface area contributed by atoms with Crippen molar-refractivity contribution in [3.63, 3.8) is 0 Å². The van der Waals surface area contributed by atoms with Crippen LogP contribution in [0.5, 0.6) is 0 Å². The van der Waals surface area contributed by atoms with E-state index < -0.39 is 14.6 Å². The first-order valence-corrected chi connectivity index (χ1v) is 9.19. The Balaban J connectivity index is 4.42. The molecule has 0 aliphatic heterocycles. The third-order valence-electron chi connectivity index (χ3n) is 3.40. The largest absolute Gasteiger partial charge is 0.228 e. The van der Waals surface area contributed by atoms with E-state index in [1.807, 2.05) is 13.8 Å². The Bertz CT molecular complexity index is 415. The highest BCUT2D eigenvalue weighted by molar-refractivity contribution is 7.92. The van der Waals surface area contributed by atoms with Crippen LogP contribution in [0.15, 0.2) is 12.2 Å². The zero-order chi connectivity index (χ0) is 16.2. The van der Waals surface area contributed by atoms with E-state index in [1.54, 1.807) is 20.8 Å². The Morgan fingerprint density at radius 2 is 1.35 bits per heavy atom. The second-order valence-electron chi connectivity index (χ2n) is 8.81. The van der Waals surface area contributed by atoms with E-state index in [-0.39, 0.29) is 11.2 Å². The maximum absolute atomic E-state index is 12.3. The Kier molecular flexibility index (Phi) is 6.53. The lowest BCUT2D eigenvalue weighted by atomic mass is 9.89. The molecule has 0 unspecified atom stereocenters. The monoisotopic (exact) mass is 302 g/mol. The van der Waals surface area contributed by atoms with E-state index in [0.29, 0.717) is 5.41 Å². The van der Waals surface area contributed by atoms with Crippen LogP contribution in [-0.2, 0) is 9.84 Å². The van der Waals surface area contributed by atoms with Crippen LogP contribution < -0.4 is 0 Å². The topological polar surface area (TPSA) is 34.1 Å². The molecule has 3 heteroatoms. The van der Waals surface area contributed by atoms with Crippen molar-refractivity contribution >= 4 is 9.84 Å². The van der Waals surface area contributed by atoms with E-state index >= 15 is 0 Å². The van der Waals surface area contributed by atoms with Crippen LogP contribution in [0, 0.1) is 10.8 Å². The SMILES string of the molecule is CC(C)(C)C/C=C/CCC(C)(C)CS(=O)(=O)C(C)(C)C. The minimum Gasteiger partial charge on any atom is -0.228 e. The molecule has 0 saturated carbocycles. The molecule has 120 valence electrons. The first-order chi connectivity index (χ1) is 8.66. The van der Waals surface area contributed by atoms with Gasteiger partial charge >= 0.3 is 0 Å². The summed E-state index contributed by atoms with van der Waals surface area (Å²) in [6.45, 7) is 16.1. The van der Waals surface area contributed by atoms with Gasteiger partial charge in [-0.3, -0.25) is 0 Å². The first kappa shape index (κ1) is 19.7. The van der Waals surface area contributed by atoms with Crippen molar-refractivity contribution in [2.45, 2.75) is 79.4 Å². The summed E-state index contributed by atoms with van der Waals surface area (Å²) in [5.74, 6) is 0.261. The fraction of sp³-hybridized carbons (Fsp3) is 0.882. The molecule has 0 N–H and O–H groups in total. The number of sulfone groups is 1. The van der Waals surface area contributed by atoms with Gasteiger partial charge in [0.05, 0.1) is 10.5 Å². The lowest BCUT2D eigenvalue weighted by Crippen LogP contribution is -2.36. The van der Waals surface area contributed by atoms with Crippen LogP contribution in [0.25, 0.3) is 0 Å². The maximum atomic E-state index is 12.3. The number of hydrogen-bond donors (Lipinski definition) is 0. The predicted octanol–water partition coefficient (Wildman–Crippen LogP) is 5.00. The Hall–Kier alpha value is -0.310. The van der Waals surface area contributed by atoms with Crippen molar-refractivity contribution in [2.75, 3.05) is 5.75 Å². The van der Waals surface area contributed by atoms with Crippen molar-refractivity contribution < 1.29 is 8.42 Å². The summed E-state index contributed by atoms with van der Waals surface area (Å²) in [4.78, 5) is 0.